The van der Waals surface area contributed by atoms with Crippen molar-refractivity contribution in [2.24, 2.45) is 5.84 Å². The summed E-state index contributed by atoms with van der Waals surface area (Å²) in [6.07, 6.45) is 1.09. The van der Waals surface area contributed by atoms with Crippen LogP contribution in [0.2, 0.25) is 0 Å². The highest BCUT2D eigenvalue weighted by molar-refractivity contribution is 5.43. The van der Waals surface area contributed by atoms with Gasteiger partial charge in [0.15, 0.2) is 0 Å². The zero-order chi connectivity index (χ0) is 14.5. The van der Waals surface area contributed by atoms with Gasteiger partial charge < -0.3 is 15.1 Å². The molecule has 0 bridgehead atoms. The normalized spacial score (nSPS) is 19.1. The van der Waals surface area contributed by atoms with Gasteiger partial charge >= 0.3 is 0 Å². The molecule has 0 aliphatic carbocycles. The molecule has 1 unspecified atom stereocenters. The Bertz CT molecular complexity index is 433. The molecule has 4 N–H and O–H groups in total. The minimum Gasteiger partial charge on any atom is -0.350 e. The van der Waals surface area contributed by atoms with E-state index in [1.54, 1.807) is 0 Å². The molecule has 1 aromatic rings. The topological polar surface area (TPSA) is 95.2 Å². The van der Waals surface area contributed by atoms with E-state index in [-0.39, 0.29) is 0 Å². The Morgan fingerprint density at radius 3 is 2.50 bits per heavy atom. The van der Waals surface area contributed by atoms with Crippen LogP contribution in [-0.2, 0) is 0 Å². The summed E-state index contributed by atoms with van der Waals surface area (Å²) in [5.74, 6) is 7.05. The number of aromatic nitrogens is 3. The number of nitrogens with one attached hydrogen (secondary N) is 2. The smallest absolute Gasteiger partial charge is 0.243 e. The molecule has 8 heteroatoms. The maximum atomic E-state index is 5.44. The minimum absolute atomic E-state index is 0.373. The standard InChI is InChI=1S/C12H24N8/c1-4-20(5-2)12-16-10(15-11(17-12)18-13)14-9-6-7-19(3)8-9/h9H,4-8,13H2,1-3H3,(H2,14,15,16,17,18). The molecule has 0 aromatic carbocycles. The van der Waals surface area contributed by atoms with Gasteiger partial charge in [-0.2, -0.15) is 15.0 Å². The van der Waals surface area contributed by atoms with E-state index in [2.05, 4.69) is 56.4 Å². The van der Waals surface area contributed by atoms with E-state index in [0.29, 0.717) is 23.9 Å². The summed E-state index contributed by atoms with van der Waals surface area (Å²) in [4.78, 5) is 17.4. The van der Waals surface area contributed by atoms with Gasteiger partial charge in [-0.25, -0.2) is 5.84 Å². The van der Waals surface area contributed by atoms with Crippen molar-refractivity contribution >= 4 is 17.8 Å². The molecule has 1 aliphatic rings. The van der Waals surface area contributed by atoms with Crippen molar-refractivity contribution in [3.63, 3.8) is 0 Å². The number of hydrogen-bond acceptors (Lipinski definition) is 8. The highest BCUT2D eigenvalue weighted by Gasteiger charge is 2.21. The zero-order valence-electron chi connectivity index (χ0n) is 12.4. The quantitative estimate of drug-likeness (QED) is 0.499. The minimum atomic E-state index is 0.373. The first kappa shape index (κ1) is 14.7. The number of anilines is 3. The Labute approximate surface area is 119 Å². The number of nitrogen functional groups attached to an aromatic ring is 1. The van der Waals surface area contributed by atoms with Crippen LogP contribution in [0.4, 0.5) is 17.8 Å². The molecule has 1 fully saturated rings. The van der Waals surface area contributed by atoms with Crippen LogP contribution < -0.4 is 21.5 Å². The van der Waals surface area contributed by atoms with Gasteiger partial charge in [-0.15, -0.1) is 0 Å². The van der Waals surface area contributed by atoms with Crippen molar-refractivity contribution in [3.05, 3.63) is 0 Å². The molecule has 0 spiro atoms. The molecular formula is C12H24N8. The molecule has 0 radical (unpaired) electrons. The average Bonchev–Trinajstić information content (AvgIpc) is 2.85. The number of likely N-dealkylation sites (tertiary alicyclic amines) is 1. The third kappa shape index (κ3) is 3.45. The first-order valence-electron chi connectivity index (χ1n) is 7.09. The Balaban J connectivity index is 2.17. The van der Waals surface area contributed by atoms with Crippen LogP contribution in [0.15, 0.2) is 0 Å². The van der Waals surface area contributed by atoms with Crippen molar-refractivity contribution < 1.29 is 0 Å². The molecule has 1 aliphatic heterocycles. The molecule has 2 heterocycles. The third-order valence-corrected chi connectivity index (χ3v) is 3.52. The maximum Gasteiger partial charge on any atom is 0.243 e. The van der Waals surface area contributed by atoms with Gasteiger partial charge in [-0.3, -0.25) is 5.43 Å². The highest BCUT2D eigenvalue weighted by atomic mass is 15.4. The molecule has 1 atom stereocenters. The number of nitrogens with zero attached hydrogens (tertiary/aromatic N) is 5. The number of hydrogen-bond donors (Lipinski definition) is 3. The van der Waals surface area contributed by atoms with E-state index in [9.17, 15) is 0 Å². The number of hydrazine groups is 1. The SMILES string of the molecule is CCN(CC)c1nc(NN)nc(NC2CCN(C)C2)n1. The Morgan fingerprint density at radius 1 is 1.25 bits per heavy atom. The molecule has 1 saturated heterocycles. The number of rotatable bonds is 6. The second kappa shape index (κ2) is 6.67. The van der Waals surface area contributed by atoms with Gasteiger partial charge in [0, 0.05) is 25.7 Å². The molecular weight excluding hydrogens is 256 g/mol. The van der Waals surface area contributed by atoms with Crippen LogP contribution in [0.1, 0.15) is 20.3 Å². The first-order chi connectivity index (χ1) is 9.66. The van der Waals surface area contributed by atoms with Crippen LogP contribution in [0.25, 0.3) is 0 Å². The van der Waals surface area contributed by atoms with Gasteiger partial charge in [0.1, 0.15) is 0 Å². The molecule has 112 valence electrons. The second-order valence-corrected chi connectivity index (χ2v) is 4.99. The lowest BCUT2D eigenvalue weighted by Crippen LogP contribution is -2.28. The van der Waals surface area contributed by atoms with Gasteiger partial charge in [0.25, 0.3) is 0 Å². The predicted octanol–water partition coefficient (Wildman–Crippen LogP) is 0.119. The van der Waals surface area contributed by atoms with E-state index in [1.807, 2.05) is 0 Å². The third-order valence-electron chi connectivity index (χ3n) is 3.52. The molecule has 2 rings (SSSR count). The van der Waals surface area contributed by atoms with E-state index < -0.39 is 0 Å². The van der Waals surface area contributed by atoms with Gasteiger partial charge in [0.05, 0.1) is 0 Å². The van der Waals surface area contributed by atoms with Crippen LogP contribution in [0.5, 0.6) is 0 Å². The molecule has 8 nitrogen and oxygen atoms in total. The molecule has 20 heavy (non-hydrogen) atoms. The van der Waals surface area contributed by atoms with E-state index in [1.165, 1.54) is 0 Å². The van der Waals surface area contributed by atoms with E-state index >= 15 is 0 Å². The first-order valence-corrected chi connectivity index (χ1v) is 7.09. The summed E-state index contributed by atoms with van der Waals surface area (Å²) in [5, 5.41) is 3.36. The van der Waals surface area contributed by atoms with Crippen molar-refractivity contribution in [2.45, 2.75) is 26.3 Å². The summed E-state index contributed by atoms with van der Waals surface area (Å²) in [7, 11) is 2.11. The van der Waals surface area contributed by atoms with Crippen LogP contribution in [-0.4, -0.2) is 59.1 Å². The predicted molar refractivity (Wildman–Crippen MR) is 80.7 cm³/mol. The fraction of sp³-hybridized carbons (Fsp3) is 0.750. The van der Waals surface area contributed by atoms with Crippen LogP contribution >= 0.6 is 0 Å². The summed E-state index contributed by atoms with van der Waals surface area (Å²) < 4.78 is 0. The summed E-state index contributed by atoms with van der Waals surface area (Å²) in [6.45, 7) is 7.92. The molecule has 0 amide bonds. The van der Waals surface area contributed by atoms with Gasteiger partial charge in [-0.1, -0.05) is 0 Å². The lowest BCUT2D eigenvalue weighted by molar-refractivity contribution is 0.414. The fourth-order valence-electron chi connectivity index (χ4n) is 2.38. The van der Waals surface area contributed by atoms with Gasteiger partial charge in [-0.05, 0) is 33.9 Å². The van der Waals surface area contributed by atoms with Gasteiger partial charge in [0.2, 0.25) is 17.8 Å². The molecule has 1 aromatic heterocycles. The van der Waals surface area contributed by atoms with Crippen molar-refractivity contribution in [3.8, 4) is 0 Å². The summed E-state index contributed by atoms with van der Waals surface area (Å²) in [5.41, 5.74) is 2.51. The fourth-order valence-corrected chi connectivity index (χ4v) is 2.38. The van der Waals surface area contributed by atoms with E-state index in [4.69, 9.17) is 5.84 Å². The zero-order valence-corrected chi connectivity index (χ0v) is 12.4. The lowest BCUT2D eigenvalue weighted by atomic mass is 10.3. The molecule has 0 saturated carbocycles. The van der Waals surface area contributed by atoms with Crippen molar-refractivity contribution in [1.82, 2.24) is 19.9 Å². The lowest BCUT2D eigenvalue weighted by Gasteiger charge is -2.20. The Morgan fingerprint density at radius 2 is 1.95 bits per heavy atom. The number of likely N-dealkylation sites (N-methyl/N-ethyl adjacent to an activating group) is 1. The highest BCUT2D eigenvalue weighted by Crippen LogP contribution is 2.16. The summed E-state index contributed by atoms with van der Waals surface area (Å²) >= 11 is 0. The van der Waals surface area contributed by atoms with Crippen molar-refractivity contribution in [2.75, 3.05) is 48.9 Å². The second-order valence-electron chi connectivity index (χ2n) is 4.99. The Hall–Kier alpha value is -1.67. The average molecular weight is 280 g/mol. The maximum absolute atomic E-state index is 5.44. The Kier molecular flexibility index (Phi) is 4.91. The van der Waals surface area contributed by atoms with E-state index in [0.717, 1.165) is 32.6 Å². The van der Waals surface area contributed by atoms with Crippen molar-refractivity contribution in [1.29, 1.82) is 0 Å². The monoisotopic (exact) mass is 280 g/mol. The summed E-state index contributed by atoms with van der Waals surface area (Å²) in [6, 6.07) is 0.373. The van der Waals surface area contributed by atoms with Crippen LogP contribution in [0, 0.1) is 0 Å². The van der Waals surface area contributed by atoms with Crippen LogP contribution in [0.3, 0.4) is 0 Å². The largest absolute Gasteiger partial charge is 0.350 e. The number of nitrogens with two attached hydrogens (primary N) is 1.